The van der Waals surface area contributed by atoms with Crippen LogP contribution in [0.15, 0.2) is 0 Å². The molecular formula is C12H22N2O3. The molecule has 1 aliphatic heterocycles. The lowest BCUT2D eigenvalue weighted by molar-refractivity contribution is -0.152. The zero-order valence-electron chi connectivity index (χ0n) is 10.6. The average molecular weight is 242 g/mol. The molecule has 0 aliphatic carbocycles. The van der Waals surface area contributed by atoms with Crippen LogP contribution in [0.2, 0.25) is 0 Å². The van der Waals surface area contributed by atoms with Gasteiger partial charge in [-0.3, -0.25) is 4.79 Å². The third-order valence-electron chi connectivity index (χ3n) is 3.11. The average Bonchev–Trinajstić information content (AvgIpc) is 2.27. The number of carbonyl (C=O) groups is 2. The Bertz CT molecular complexity index is 291. The smallest absolute Gasteiger partial charge is 0.326 e. The molecule has 0 aromatic rings. The Morgan fingerprint density at radius 1 is 1.41 bits per heavy atom. The fourth-order valence-electron chi connectivity index (χ4n) is 2.27. The van der Waals surface area contributed by atoms with Gasteiger partial charge in [-0.25, -0.2) is 4.79 Å². The van der Waals surface area contributed by atoms with Crippen molar-refractivity contribution >= 4 is 11.9 Å². The van der Waals surface area contributed by atoms with Gasteiger partial charge in [0.25, 0.3) is 0 Å². The minimum Gasteiger partial charge on any atom is -0.480 e. The van der Waals surface area contributed by atoms with Crippen LogP contribution in [0.4, 0.5) is 0 Å². The molecule has 0 radical (unpaired) electrons. The molecule has 5 heteroatoms. The number of piperidine rings is 1. The number of rotatable bonds is 4. The van der Waals surface area contributed by atoms with E-state index in [0.717, 1.165) is 12.8 Å². The summed E-state index contributed by atoms with van der Waals surface area (Å²) in [5.41, 5.74) is 5.83. The first-order valence-electron chi connectivity index (χ1n) is 6.22. The van der Waals surface area contributed by atoms with E-state index in [1.54, 1.807) is 0 Å². The maximum atomic E-state index is 12.1. The van der Waals surface area contributed by atoms with Crippen molar-refractivity contribution in [1.82, 2.24) is 4.90 Å². The molecule has 3 N–H and O–H groups in total. The summed E-state index contributed by atoms with van der Waals surface area (Å²) in [7, 11) is 0. The highest BCUT2D eigenvalue weighted by atomic mass is 16.4. The van der Waals surface area contributed by atoms with E-state index in [4.69, 9.17) is 10.8 Å². The van der Waals surface area contributed by atoms with E-state index < -0.39 is 18.1 Å². The summed E-state index contributed by atoms with van der Waals surface area (Å²) in [6.07, 6.45) is 2.86. The first kappa shape index (κ1) is 14.0. The molecule has 17 heavy (non-hydrogen) atoms. The highest BCUT2D eigenvalue weighted by molar-refractivity contribution is 5.87. The summed E-state index contributed by atoms with van der Waals surface area (Å²) < 4.78 is 0. The van der Waals surface area contributed by atoms with Crippen molar-refractivity contribution in [3.63, 3.8) is 0 Å². The molecule has 0 spiro atoms. The predicted molar refractivity (Wildman–Crippen MR) is 64.4 cm³/mol. The molecule has 1 aliphatic rings. The molecule has 1 rings (SSSR count). The van der Waals surface area contributed by atoms with Crippen LogP contribution in [0.3, 0.4) is 0 Å². The normalized spacial score (nSPS) is 22.6. The molecule has 0 saturated carbocycles. The van der Waals surface area contributed by atoms with E-state index >= 15 is 0 Å². The largest absolute Gasteiger partial charge is 0.480 e. The maximum Gasteiger partial charge on any atom is 0.326 e. The van der Waals surface area contributed by atoms with Gasteiger partial charge < -0.3 is 15.7 Å². The Hall–Kier alpha value is -1.10. The fraction of sp³-hybridized carbons (Fsp3) is 0.833. The number of carboxylic acids is 1. The van der Waals surface area contributed by atoms with Gasteiger partial charge in [-0.05, 0) is 31.6 Å². The number of hydrogen-bond donors (Lipinski definition) is 2. The molecule has 0 bridgehead atoms. The van der Waals surface area contributed by atoms with E-state index in [1.165, 1.54) is 4.90 Å². The highest BCUT2D eigenvalue weighted by Crippen LogP contribution is 2.19. The molecule has 0 aromatic heterocycles. The van der Waals surface area contributed by atoms with Crippen LogP contribution in [0.5, 0.6) is 0 Å². The van der Waals surface area contributed by atoms with Gasteiger partial charge in [-0.1, -0.05) is 13.8 Å². The Morgan fingerprint density at radius 3 is 2.59 bits per heavy atom. The van der Waals surface area contributed by atoms with E-state index in [2.05, 4.69) is 0 Å². The lowest BCUT2D eigenvalue weighted by atomic mass is 9.98. The highest BCUT2D eigenvalue weighted by Gasteiger charge is 2.34. The maximum absolute atomic E-state index is 12.1. The summed E-state index contributed by atoms with van der Waals surface area (Å²) in [5.74, 6) is -0.803. The monoisotopic (exact) mass is 242 g/mol. The first-order chi connectivity index (χ1) is 7.93. The van der Waals surface area contributed by atoms with Crippen LogP contribution in [-0.4, -0.2) is 40.5 Å². The van der Waals surface area contributed by atoms with Gasteiger partial charge in [0, 0.05) is 6.54 Å². The number of aliphatic carboxylic acids is 1. The molecule has 1 heterocycles. The van der Waals surface area contributed by atoms with Crippen LogP contribution in [0, 0.1) is 5.92 Å². The summed E-state index contributed by atoms with van der Waals surface area (Å²) in [6.45, 7) is 4.51. The third-order valence-corrected chi connectivity index (χ3v) is 3.11. The Morgan fingerprint density at radius 2 is 2.06 bits per heavy atom. The van der Waals surface area contributed by atoms with Gasteiger partial charge in [-0.2, -0.15) is 0 Å². The van der Waals surface area contributed by atoms with Gasteiger partial charge in [0.1, 0.15) is 6.04 Å². The molecule has 2 unspecified atom stereocenters. The first-order valence-corrected chi connectivity index (χ1v) is 6.22. The number of amides is 1. The summed E-state index contributed by atoms with van der Waals surface area (Å²) in [4.78, 5) is 24.6. The second-order valence-corrected chi connectivity index (χ2v) is 5.12. The lowest BCUT2D eigenvalue weighted by Crippen LogP contribution is -2.53. The molecule has 0 aromatic carbocycles. The van der Waals surface area contributed by atoms with Crippen molar-refractivity contribution in [2.75, 3.05) is 6.54 Å². The number of nitrogens with two attached hydrogens (primary N) is 1. The minimum atomic E-state index is -0.921. The number of hydrogen-bond acceptors (Lipinski definition) is 3. The number of carboxylic acid groups (broad SMARTS) is 1. The Labute approximate surface area is 102 Å². The zero-order chi connectivity index (χ0) is 13.0. The lowest BCUT2D eigenvalue weighted by Gasteiger charge is -2.34. The van der Waals surface area contributed by atoms with Crippen LogP contribution < -0.4 is 5.73 Å². The Kier molecular flexibility index (Phi) is 4.93. The zero-order valence-corrected chi connectivity index (χ0v) is 10.6. The summed E-state index contributed by atoms with van der Waals surface area (Å²) in [6, 6.07) is -1.26. The van der Waals surface area contributed by atoms with Crippen molar-refractivity contribution in [1.29, 1.82) is 0 Å². The van der Waals surface area contributed by atoms with Crippen LogP contribution in [0.1, 0.15) is 39.5 Å². The standard InChI is InChI=1S/C12H22N2O3/c1-8(2)7-9(13)11(15)14-6-4-3-5-10(14)12(16)17/h8-10H,3-7,13H2,1-2H3,(H,16,17). The topological polar surface area (TPSA) is 83.6 Å². The van der Waals surface area contributed by atoms with Gasteiger partial charge in [0.05, 0.1) is 6.04 Å². The molecular weight excluding hydrogens is 220 g/mol. The fourth-order valence-corrected chi connectivity index (χ4v) is 2.27. The quantitative estimate of drug-likeness (QED) is 0.764. The van der Waals surface area contributed by atoms with E-state index in [0.29, 0.717) is 25.3 Å². The van der Waals surface area contributed by atoms with Gasteiger partial charge >= 0.3 is 5.97 Å². The van der Waals surface area contributed by atoms with Crippen molar-refractivity contribution in [3.05, 3.63) is 0 Å². The molecule has 98 valence electrons. The van der Waals surface area contributed by atoms with Gasteiger partial charge in [0.15, 0.2) is 0 Å². The van der Waals surface area contributed by atoms with Gasteiger partial charge in [0.2, 0.25) is 5.91 Å². The summed E-state index contributed by atoms with van der Waals surface area (Å²) >= 11 is 0. The number of nitrogens with zero attached hydrogens (tertiary/aromatic N) is 1. The van der Waals surface area contributed by atoms with E-state index in [-0.39, 0.29) is 5.91 Å². The predicted octanol–water partition coefficient (Wildman–Crippen LogP) is 0.825. The van der Waals surface area contributed by atoms with E-state index in [1.807, 2.05) is 13.8 Å². The van der Waals surface area contributed by atoms with Crippen molar-refractivity contribution in [2.45, 2.75) is 51.6 Å². The Balaban J connectivity index is 2.67. The molecule has 1 saturated heterocycles. The third kappa shape index (κ3) is 3.70. The van der Waals surface area contributed by atoms with Crippen LogP contribution in [-0.2, 0) is 9.59 Å². The molecule has 5 nitrogen and oxygen atoms in total. The molecule has 2 atom stereocenters. The van der Waals surface area contributed by atoms with Crippen LogP contribution in [0.25, 0.3) is 0 Å². The number of likely N-dealkylation sites (tertiary alicyclic amines) is 1. The van der Waals surface area contributed by atoms with Crippen molar-refractivity contribution in [2.24, 2.45) is 11.7 Å². The molecule has 1 amide bonds. The second kappa shape index (κ2) is 6.00. The van der Waals surface area contributed by atoms with Crippen molar-refractivity contribution < 1.29 is 14.7 Å². The SMILES string of the molecule is CC(C)CC(N)C(=O)N1CCCCC1C(=O)O. The van der Waals surface area contributed by atoms with Crippen LogP contribution >= 0.6 is 0 Å². The molecule has 1 fully saturated rings. The second-order valence-electron chi connectivity index (χ2n) is 5.12. The number of carbonyl (C=O) groups excluding carboxylic acids is 1. The van der Waals surface area contributed by atoms with Crippen molar-refractivity contribution in [3.8, 4) is 0 Å². The van der Waals surface area contributed by atoms with Gasteiger partial charge in [-0.15, -0.1) is 0 Å². The van der Waals surface area contributed by atoms with E-state index in [9.17, 15) is 9.59 Å². The minimum absolute atomic E-state index is 0.217. The summed E-state index contributed by atoms with van der Waals surface area (Å²) in [5, 5.41) is 9.09.